The van der Waals surface area contributed by atoms with Gasteiger partial charge in [-0.3, -0.25) is 0 Å². The first-order valence-electron chi connectivity index (χ1n) is 6.28. The number of hydrogen-bond donors (Lipinski definition) is 1. The van der Waals surface area contributed by atoms with Crippen LogP contribution in [0.3, 0.4) is 0 Å². The molecule has 4 nitrogen and oxygen atoms in total. The van der Waals surface area contributed by atoms with Gasteiger partial charge in [0, 0.05) is 19.1 Å². The van der Waals surface area contributed by atoms with Crippen molar-refractivity contribution in [2.24, 2.45) is 5.73 Å². The first-order valence-corrected chi connectivity index (χ1v) is 7.72. The van der Waals surface area contributed by atoms with Gasteiger partial charge in [-0.2, -0.15) is 4.31 Å². The Kier molecular flexibility index (Phi) is 5.31. The second-order valence-corrected chi connectivity index (χ2v) is 6.20. The van der Waals surface area contributed by atoms with Crippen LogP contribution < -0.4 is 5.73 Å². The summed E-state index contributed by atoms with van der Waals surface area (Å²) in [5.74, 6) is 0. The number of benzene rings is 1. The second kappa shape index (κ2) is 6.31. The van der Waals surface area contributed by atoms with E-state index < -0.39 is 10.0 Å². The molecule has 2 N–H and O–H groups in total. The highest BCUT2D eigenvalue weighted by atomic mass is 32.2. The van der Waals surface area contributed by atoms with E-state index in [1.807, 2.05) is 20.8 Å². The van der Waals surface area contributed by atoms with Crippen LogP contribution in [0, 0.1) is 0 Å². The summed E-state index contributed by atoms with van der Waals surface area (Å²) >= 11 is 0. The van der Waals surface area contributed by atoms with Crippen molar-refractivity contribution in [3.63, 3.8) is 0 Å². The molecule has 1 aromatic rings. The van der Waals surface area contributed by atoms with Crippen molar-refractivity contribution in [1.82, 2.24) is 4.31 Å². The van der Waals surface area contributed by atoms with Crippen LogP contribution in [0.1, 0.15) is 32.8 Å². The highest BCUT2D eigenvalue weighted by Crippen LogP contribution is 2.19. The maximum absolute atomic E-state index is 12.5. The molecule has 1 unspecified atom stereocenters. The van der Waals surface area contributed by atoms with Crippen LogP contribution in [0.4, 0.5) is 0 Å². The van der Waals surface area contributed by atoms with E-state index in [-0.39, 0.29) is 6.04 Å². The third-order valence-corrected chi connectivity index (χ3v) is 5.26. The van der Waals surface area contributed by atoms with Gasteiger partial charge in [-0.05, 0) is 31.0 Å². The first kappa shape index (κ1) is 15.1. The zero-order valence-corrected chi connectivity index (χ0v) is 12.1. The maximum Gasteiger partial charge on any atom is 0.243 e. The van der Waals surface area contributed by atoms with Gasteiger partial charge in [0.25, 0.3) is 0 Å². The third kappa shape index (κ3) is 3.10. The number of nitrogens with two attached hydrogens (primary N) is 1. The van der Waals surface area contributed by atoms with Crippen LogP contribution in [0.15, 0.2) is 29.2 Å². The molecule has 102 valence electrons. The minimum atomic E-state index is -3.39. The largest absolute Gasteiger partial charge is 0.326 e. The highest BCUT2D eigenvalue weighted by molar-refractivity contribution is 7.89. The molecule has 0 aliphatic rings. The van der Waals surface area contributed by atoms with Crippen molar-refractivity contribution in [1.29, 1.82) is 0 Å². The van der Waals surface area contributed by atoms with Crippen molar-refractivity contribution in [3.8, 4) is 0 Å². The molecule has 1 atom stereocenters. The minimum absolute atomic E-state index is 0.00850. The number of rotatable bonds is 6. The summed E-state index contributed by atoms with van der Waals surface area (Å²) in [6, 6.07) is 6.79. The van der Waals surface area contributed by atoms with Crippen molar-refractivity contribution in [2.45, 2.75) is 44.7 Å². The molecule has 0 aliphatic carbocycles. The molecule has 0 radical (unpaired) electrons. The maximum atomic E-state index is 12.5. The fraction of sp³-hybridized carbons (Fsp3) is 0.538. The zero-order chi connectivity index (χ0) is 13.8. The van der Waals surface area contributed by atoms with Gasteiger partial charge in [0.15, 0.2) is 0 Å². The van der Waals surface area contributed by atoms with E-state index in [4.69, 9.17) is 5.73 Å². The molecule has 0 amide bonds. The predicted molar refractivity (Wildman–Crippen MR) is 73.7 cm³/mol. The Morgan fingerprint density at radius 3 is 2.17 bits per heavy atom. The van der Waals surface area contributed by atoms with Crippen molar-refractivity contribution < 1.29 is 8.42 Å². The Hall–Kier alpha value is -0.910. The fourth-order valence-electron chi connectivity index (χ4n) is 1.86. The molecular formula is C13H22N2O2S. The summed E-state index contributed by atoms with van der Waals surface area (Å²) in [7, 11) is -3.39. The van der Waals surface area contributed by atoms with Crippen molar-refractivity contribution in [2.75, 3.05) is 6.54 Å². The summed E-state index contributed by atoms with van der Waals surface area (Å²) in [5, 5.41) is 0. The third-order valence-electron chi connectivity index (χ3n) is 3.16. The summed E-state index contributed by atoms with van der Waals surface area (Å²) in [5.41, 5.74) is 6.44. The average Bonchev–Trinajstić information content (AvgIpc) is 2.39. The number of sulfonamides is 1. The van der Waals surface area contributed by atoms with E-state index in [0.717, 1.165) is 12.0 Å². The molecule has 0 spiro atoms. The number of hydrogen-bond acceptors (Lipinski definition) is 3. The Morgan fingerprint density at radius 1 is 1.22 bits per heavy atom. The van der Waals surface area contributed by atoms with E-state index in [2.05, 4.69) is 0 Å². The molecule has 0 aromatic heterocycles. The van der Waals surface area contributed by atoms with Crippen LogP contribution in [0.2, 0.25) is 0 Å². The van der Waals surface area contributed by atoms with E-state index >= 15 is 0 Å². The second-order valence-electron chi connectivity index (χ2n) is 4.31. The monoisotopic (exact) mass is 270 g/mol. The molecule has 5 heteroatoms. The van der Waals surface area contributed by atoms with Crippen LogP contribution >= 0.6 is 0 Å². The molecule has 0 fully saturated rings. The quantitative estimate of drug-likeness (QED) is 0.859. The van der Waals surface area contributed by atoms with Gasteiger partial charge in [0.2, 0.25) is 10.0 Å². The lowest BCUT2D eigenvalue weighted by molar-refractivity contribution is 0.342. The predicted octanol–water partition coefficient (Wildman–Crippen LogP) is 1.95. The fourth-order valence-corrected chi connectivity index (χ4v) is 3.57. The summed E-state index contributed by atoms with van der Waals surface area (Å²) in [4.78, 5) is 0.335. The lowest BCUT2D eigenvalue weighted by Crippen LogP contribution is -2.38. The van der Waals surface area contributed by atoms with Gasteiger partial charge in [0.1, 0.15) is 0 Å². The first-order chi connectivity index (χ1) is 8.47. The lowest BCUT2D eigenvalue weighted by Gasteiger charge is -2.26. The SMILES string of the molecule is CCC(C)N(CC)S(=O)(=O)c1ccc(CN)cc1. The highest BCUT2D eigenvalue weighted by Gasteiger charge is 2.26. The number of nitrogens with zero attached hydrogens (tertiary/aromatic N) is 1. The molecular weight excluding hydrogens is 248 g/mol. The van der Waals surface area contributed by atoms with Crippen LogP contribution in [-0.4, -0.2) is 25.3 Å². The van der Waals surface area contributed by atoms with Gasteiger partial charge in [0.05, 0.1) is 4.90 Å². The van der Waals surface area contributed by atoms with E-state index in [1.165, 1.54) is 4.31 Å². The smallest absolute Gasteiger partial charge is 0.243 e. The van der Waals surface area contributed by atoms with E-state index in [1.54, 1.807) is 24.3 Å². The Morgan fingerprint density at radius 2 is 1.78 bits per heavy atom. The molecule has 1 rings (SSSR count). The molecule has 0 saturated carbocycles. The van der Waals surface area contributed by atoms with Gasteiger partial charge < -0.3 is 5.73 Å². The zero-order valence-electron chi connectivity index (χ0n) is 11.3. The van der Waals surface area contributed by atoms with E-state index in [0.29, 0.717) is 18.0 Å². The molecule has 0 bridgehead atoms. The molecule has 0 aliphatic heterocycles. The topological polar surface area (TPSA) is 63.4 Å². The summed E-state index contributed by atoms with van der Waals surface area (Å²) in [6.07, 6.45) is 0.800. The molecule has 0 saturated heterocycles. The van der Waals surface area contributed by atoms with Crippen LogP contribution in [0.25, 0.3) is 0 Å². The van der Waals surface area contributed by atoms with Gasteiger partial charge in [-0.15, -0.1) is 0 Å². The average molecular weight is 270 g/mol. The van der Waals surface area contributed by atoms with Crippen LogP contribution in [0.5, 0.6) is 0 Å². The van der Waals surface area contributed by atoms with Gasteiger partial charge in [-0.1, -0.05) is 26.0 Å². The minimum Gasteiger partial charge on any atom is -0.326 e. The Labute approximate surface area is 110 Å². The van der Waals surface area contributed by atoms with Crippen molar-refractivity contribution in [3.05, 3.63) is 29.8 Å². The normalized spacial score (nSPS) is 13.8. The molecule has 0 heterocycles. The van der Waals surface area contributed by atoms with Crippen molar-refractivity contribution >= 4 is 10.0 Å². The molecule has 18 heavy (non-hydrogen) atoms. The lowest BCUT2D eigenvalue weighted by atomic mass is 10.2. The van der Waals surface area contributed by atoms with Crippen LogP contribution in [-0.2, 0) is 16.6 Å². The van der Waals surface area contributed by atoms with E-state index in [9.17, 15) is 8.42 Å². The standard InChI is InChI=1S/C13H22N2O2S/c1-4-11(3)15(5-2)18(16,17)13-8-6-12(10-14)7-9-13/h6-9,11H,4-5,10,14H2,1-3H3. The Bertz CT molecular complexity index is 468. The Balaban J connectivity index is 3.10. The molecule has 1 aromatic carbocycles. The summed E-state index contributed by atoms with van der Waals surface area (Å²) < 4.78 is 26.4. The van der Waals surface area contributed by atoms with Gasteiger partial charge in [-0.25, -0.2) is 8.42 Å². The summed E-state index contributed by atoms with van der Waals surface area (Å²) in [6.45, 7) is 6.67. The van der Waals surface area contributed by atoms with Gasteiger partial charge >= 0.3 is 0 Å².